The van der Waals surface area contributed by atoms with Crippen molar-refractivity contribution < 1.29 is 4.79 Å². The molecule has 1 N–H and O–H groups in total. The van der Waals surface area contributed by atoms with Crippen molar-refractivity contribution in [1.29, 1.82) is 0 Å². The zero-order chi connectivity index (χ0) is 15.5. The number of carbonyl (C=O) groups excluding carboxylic acids is 1. The SMILES string of the molecule is CSc1ccc(NC(=O)Cn2cnc3sccc3c2=O)cc1. The highest BCUT2D eigenvalue weighted by atomic mass is 32.2. The summed E-state index contributed by atoms with van der Waals surface area (Å²) < 4.78 is 1.32. The summed E-state index contributed by atoms with van der Waals surface area (Å²) in [5, 5.41) is 5.14. The van der Waals surface area contributed by atoms with Crippen molar-refractivity contribution in [3.8, 4) is 0 Å². The van der Waals surface area contributed by atoms with Crippen molar-refractivity contribution in [1.82, 2.24) is 9.55 Å². The fourth-order valence-corrected chi connectivity index (χ4v) is 3.17. The van der Waals surface area contributed by atoms with Crippen molar-refractivity contribution in [2.24, 2.45) is 0 Å². The van der Waals surface area contributed by atoms with Crippen LogP contribution in [0.4, 0.5) is 5.69 Å². The van der Waals surface area contributed by atoms with Crippen molar-refractivity contribution in [3.05, 3.63) is 52.4 Å². The van der Waals surface area contributed by atoms with Gasteiger partial charge < -0.3 is 5.32 Å². The number of aromatic nitrogens is 2. The number of hydrogen-bond donors (Lipinski definition) is 1. The van der Waals surface area contributed by atoms with E-state index in [4.69, 9.17) is 0 Å². The fraction of sp³-hybridized carbons (Fsp3) is 0.133. The van der Waals surface area contributed by atoms with Crippen molar-refractivity contribution in [2.75, 3.05) is 11.6 Å². The number of nitrogens with zero attached hydrogens (tertiary/aromatic N) is 2. The number of carbonyl (C=O) groups is 1. The van der Waals surface area contributed by atoms with Crippen LogP contribution >= 0.6 is 23.1 Å². The third-order valence-corrected chi connectivity index (χ3v) is 4.70. The summed E-state index contributed by atoms with van der Waals surface area (Å²) in [6.45, 7) is -0.0537. The number of benzene rings is 1. The molecule has 0 radical (unpaired) electrons. The third kappa shape index (κ3) is 3.05. The molecule has 0 atom stereocenters. The number of fused-ring (bicyclic) bond motifs is 1. The van der Waals surface area contributed by atoms with Crippen LogP contribution in [0.3, 0.4) is 0 Å². The van der Waals surface area contributed by atoms with Gasteiger partial charge in [-0.25, -0.2) is 4.98 Å². The van der Waals surface area contributed by atoms with Crippen LogP contribution in [0.2, 0.25) is 0 Å². The molecule has 5 nitrogen and oxygen atoms in total. The molecule has 0 bridgehead atoms. The first-order chi connectivity index (χ1) is 10.7. The number of rotatable bonds is 4. The molecule has 0 fully saturated rings. The van der Waals surface area contributed by atoms with Crippen molar-refractivity contribution in [3.63, 3.8) is 0 Å². The zero-order valence-electron chi connectivity index (χ0n) is 11.8. The van der Waals surface area contributed by atoms with Crippen molar-refractivity contribution >= 4 is 44.9 Å². The number of nitrogens with one attached hydrogen (secondary N) is 1. The molecular weight excluding hydrogens is 318 g/mol. The Morgan fingerprint density at radius 3 is 2.82 bits per heavy atom. The Kier molecular flexibility index (Phi) is 4.26. The van der Waals surface area contributed by atoms with Gasteiger partial charge in [-0.1, -0.05) is 0 Å². The number of amides is 1. The lowest BCUT2D eigenvalue weighted by Crippen LogP contribution is -2.27. The monoisotopic (exact) mass is 331 g/mol. The van der Waals surface area contributed by atoms with E-state index in [9.17, 15) is 9.59 Å². The highest BCUT2D eigenvalue weighted by molar-refractivity contribution is 7.98. The second-order valence-corrected chi connectivity index (χ2v) is 6.37. The van der Waals surface area contributed by atoms with Gasteiger partial charge in [0.1, 0.15) is 11.4 Å². The van der Waals surface area contributed by atoms with E-state index in [0.29, 0.717) is 15.9 Å². The van der Waals surface area contributed by atoms with Crippen molar-refractivity contribution in [2.45, 2.75) is 11.4 Å². The summed E-state index contributed by atoms with van der Waals surface area (Å²) in [4.78, 5) is 30.3. The van der Waals surface area contributed by atoms with Gasteiger partial charge >= 0.3 is 0 Å². The van der Waals surface area contributed by atoms with Crippen LogP contribution in [-0.4, -0.2) is 21.7 Å². The third-order valence-electron chi connectivity index (χ3n) is 3.14. The summed E-state index contributed by atoms with van der Waals surface area (Å²) in [6, 6.07) is 9.28. The number of thiophene rings is 1. The smallest absolute Gasteiger partial charge is 0.262 e. The lowest BCUT2D eigenvalue weighted by atomic mass is 10.3. The Morgan fingerprint density at radius 2 is 2.09 bits per heavy atom. The molecule has 7 heteroatoms. The Morgan fingerprint density at radius 1 is 1.32 bits per heavy atom. The lowest BCUT2D eigenvalue weighted by Gasteiger charge is -2.07. The average molecular weight is 331 g/mol. The Hall–Kier alpha value is -2.12. The van der Waals surface area contributed by atoms with E-state index in [1.54, 1.807) is 17.8 Å². The summed E-state index contributed by atoms with van der Waals surface area (Å²) in [6.07, 6.45) is 3.41. The van der Waals surface area contributed by atoms with Gasteiger partial charge in [-0.3, -0.25) is 14.2 Å². The van der Waals surface area contributed by atoms with E-state index < -0.39 is 0 Å². The molecule has 0 saturated carbocycles. The first kappa shape index (κ1) is 14.8. The summed E-state index contributed by atoms with van der Waals surface area (Å²) >= 11 is 3.05. The quantitative estimate of drug-likeness (QED) is 0.747. The molecule has 0 spiro atoms. The van der Waals surface area contributed by atoms with Gasteiger partial charge in [0.25, 0.3) is 5.56 Å². The largest absolute Gasteiger partial charge is 0.325 e. The van der Waals surface area contributed by atoms with E-state index >= 15 is 0 Å². The second kappa shape index (κ2) is 6.33. The maximum atomic E-state index is 12.2. The number of anilines is 1. The van der Waals surface area contributed by atoms with Gasteiger partial charge in [0.05, 0.1) is 11.7 Å². The highest BCUT2D eigenvalue weighted by Crippen LogP contribution is 2.17. The lowest BCUT2D eigenvalue weighted by molar-refractivity contribution is -0.116. The van der Waals surface area contributed by atoms with Crippen LogP contribution in [0.5, 0.6) is 0 Å². The molecule has 3 aromatic rings. The summed E-state index contributed by atoms with van der Waals surface area (Å²) in [7, 11) is 0. The molecule has 22 heavy (non-hydrogen) atoms. The molecule has 0 aliphatic rings. The standard InChI is InChI=1S/C15H13N3O2S2/c1-21-11-4-2-10(3-5-11)17-13(19)8-18-9-16-14-12(15(18)20)6-7-22-14/h2-7,9H,8H2,1H3,(H,17,19). The minimum Gasteiger partial charge on any atom is -0.325 e. The van der Waals surface area contributed by atoms with Crippen LogP contribution in [0.15, 0.2) is 51.7 Å². The zero-order valence-corrected chi connectivity index (χ0v) is 13.4. The van der Waals surface area contributed by atoms with Gasteiger partial charge in [0.15, 0.2) is 0 Å². The highest BCUT2D eigenvalue weighted by Gasteiger charge is 2.09. The molecule has 3 rings (SSSR count). The molecule has 0 aliphatic carbocycles. The van der Waals surface area contributed by atoms with Crippen LogP contribution in [-0.2, 0) is 11.3 Å². The van der Waals surface area contributed by atoms with Crippen LogP contribution in [0, 0.1) is 0 Å². The first-order valence-electron chi connectivity index (χ1n) is 6.54. The van der Waals surface area contributed by atoms with E-state index in [1.807, 2.05) is 35.9 Å². The molecule has 0 aliphatic heterocycles. The van der Waals surface area contributed by atoms with Crippen LogP contribution < -0.4 is 10.9 Å². The predicted octanol–water partition coefficient (Wildman–Crippen LogP) is 2.82. The maximum absolute atomic E-state index is 12.2. The molecule has 112 valence electrons. The maximum Gasteiger partial charge on any atom is 0.262 e. The van der Waals surface area contributed by atoms with E-state index in [-0.39, 0.29) is 18.0 Å². The fourth-order valence-electron chi connectivity index (χ4n) is 2.04. The minimum absolute atomic E-state index is 0.0537. The Balaban J connectivity index is 1.74. The van der Waals surface area contributed by atoms with E-state index in [1.165, 1.54) is 22.2 Å². The van der Waals surface area contributed by atoms with E-state index in [0.717, 1.165) is 4.90 Å². The normalized spacial score (nSPS) is 10.8. The Bertz CT molecular complexity index is 868. The number of hydrogen-bond acceptors (Lipinski definition) is 5. The molecule has 1 aromatic carbocycles. The summed E-state index contributed by atoms with van der Waals surface area (Å²) in [5.74, 6) is -0.254. The number of thioether (sulfide) groups is 1. The Labute approximate surface area is 135 Å². The molecule has 2 heterocycles. The van der Waals surface area contributed by atoms with Gasteiger partial charge in [-0.2, -0.15) is 0 Å². The average Bonchev–Trinajstić information content (AvgIpc) is 3.00. The molecule has 1 amide bonds. The predicted molar refractivity (Wildman–Crippen MR) is 90.7 cm³/mol. The molecule has 0 saturated heterocycles. The summed E-state index contributed by atoms with van der Waals surface area (Å²) in [5.41, 5.74) is 0.513. The van der Waals surface area contributed by atoms with E-state index in [2.05, 4.69) is 10.3 Å². The second-order valence-electron chi connectivity index (χ2n) is 4.59. The molecular formula is C15H13N3O2S2. The minimum atomic E-state index is -0.254. The van der Waals surface area contributed by atoms with Gasteiger partial charge in [0, 0.05) is 10.6 Å². The topological polar surface area (TPSA) is 64.0 Å². The van der Waals surface area contributed by atoms with Gasteiger partial charge in [-0.15, -0.1) is 23.1 Å². The molecule has 2 aromatic heterocycles. The van der Waals surface area contributed by atoms with Crippen LogP contribution in [0.1, 0.15) is 0 Å². The molecule has 0 unspecified atom stereocenters. The van der Waals surface area contributed by atoms with Crippen LogP contribution in [0.25, 0.3) is 10.2 Å². The van der Waals surface area contributed by atoms with Gasteiger partial charge in [-0.05, 0) is 42.0 Å². The first-order valence-corrected chi connectivity index (χ1v) is 8.64. The van der Waals surface area contributed by atoms with Gasteiger partial charge in [0.2, 0.25) is 5.91 Å².